The van der Waals surface area contributed by atoms with Crippen LogP contribution in [0.1, 0.15) is 23.7 Å². The van der Waals surface area contributed by atoms with E-state index in [-0.39, 0.29) is 5.91 Å². The number of benzene rings is 1. The summed E-state index contributed by atoms with van der Waals surface area (Å²) in [6.45, 7) is 9.53. The smallest absolute Gasteiger partial charge is 0.252 e. The maximum absolute atomic E-state index is 12.1. The number of hydrogen-bond acceptors (Lipinski definition) is 3. The van der Waals surface area contributed by atoms with Gasteiger partial charge in [0.2, 0.25) is 0 Å². The maximum atomic E-state index is 12.1. The fraction of sp³-hybridized carbons (Fsp3) is 0.562. The predicted octanol–water partition coefficient (Wildman–Crippen LogP) is 2.75. The second-order valence-corrected chi connectivity index (χ2v) is 6.35. The number of piperazine rings is 1. The Morgan fingerprint density at radius 1 is 1.18 bits per heavy atom. The molecule has 0 atom stereocenters. The van der Waals surface area contributed by atoms with E-state index in [0.717, 1.165) is 45.7 Å². The molecule has 1 aliphatic rings. The standard InChI is InChI=1S/C16H23Cl2N3O/c1-2-20-8-10-21(11-9-20)7-3-6-19-16(22)14-5-4-13(17)12-15(14)18/h4-5,12H,2-3,6-11H2,1H3,(H,19,22). The van der Waals surface area contributed by atoms with Crippen LogP contribution in [0, 0.1) is 0 Å². The molecule has 6 heteroatoms. The van der Waals surface area contributed by atoms with E-state index >= 15 is 0 Å². The minimum absolute atomic E-state index is 0.141. The Balaban J connectivity index is 1.67. The summed E-state index contributed by atoms with van der Waals surface area (Å²) in [5.74, 6) is -0.141. The number of nitrogens with zero attached hydrogens (tertiary/aromatic N) is 2. The summed E-state index contributed by atoms with van der Waals surface area (Å²) in [5.41, 5.74) is 0.475. The molecule has 0 radical (unpaired) electrons. The summed E-state index contributed by atoms with van der Waals surface area (Å²) in [6.07, 6.45) is 0.947. The van der Waals surface area contributed by atoms with Crippen molar-refractivity contribution in [3.8, 4) is 0 Å². The van der Waals surface area contributed by atoms with Gasteiger partial charge in [-0.05, 0) is 37.7 Å². The van der Waals surface area contributed by atoms with Gasteiger partial charge in [0.05, 0.1) is 10.6 Å². The van der Waals surface area contributed by atoms with Crippen LogP contribution in [0.25, 0.3) is 0 Å². The molecule has 1 aliphatic heterocycles. The van der Waals surface area contributed by atoms with Gasteiger partial charge in [0.25, 0.3) is 5.91 Å². The van der Waals surface area contributed by atoms with Gasteiger partial charge in [-0.25, -0.2) is 0 Å². The molecule has 0 bridgehead atoms. The van der Waals surface area contributed by atoms with Gasteiger partial charge in [-0.15, -0.1) is 0 Å². The molecular weight excluding hydrogens is 321 g/mol. The fourth-order valence-electron chi connectivity index (χ4n) is 2.60. The Labute approximate surface area is 142 Å². The molecule has 1 N–H and O–H groups in total. The van der Waals surface area contributed by atoms with E-state index in [1.54, 1.807) is 18.2 Å². The monoisotopic (exact) mass is 343 g/mol. The molecule has 1 aromatic rings. The molecule has 1 aromatic carbocycles. The van der Waals surface area contributed by atoms with Crippen molar-refractivity contribution in [2.24, 2.45) is 0 Å². The van der Waals surface area contributed by atoms with Crippen molar-refractivity contribution in [3.05, 3.63) is 33.8 Å². The third-order valence-corrected chi connectivity index (χ3v) is 4.57. The number of carbonyl (C=O) groups excluding carboxylic acids is 1. The van der Waals surface area contributed by atoms with Gasteiger partial charge in [0.1, 0.15) is 0 Å². The van der Waals surface area contributed by atoms with Gasteiger partial charge < -0.3 is 15.1 Å². The zero-order valence-corrected chi connectivity index (χ0v) is 14.5. The highest BCUT2D eigenvalue weighted by Crippen LogP contribution is 2.20. The Morgan fingerprint density at radius 2 is 1.86 bits per heavy atom. The van der Waals surface area contributed by atoms with Crippen molar-refractivity contribution >= 4 is 29.1 Å². The largest absolute Gasteiger partial charge is 0.352 e. The summed E-state index contributed by atoms with van der Waals surface area (Å²) < 4.78 is 0. The van der Waals surface area contributed by atoms with Crippen LogP contribution in [0.3, 0.4) is 0 Å². The minimum atomic E-state index is -0.141. The first-order valence-corrected chi connectivity index (χ1v) is 8.53. The van der Waals surface area contributed by atoms with Gasteiger partial charge in [0, 0.05) is 37.7 Å². The molecule has 0 aromatic heterocycles. The average Bonchev–Trinajstić information content (AvgIpc) is 2.52. The van der Waals surface area contributed by atoms with Crippen molar-refractivity contribution in [1.82, 2.24) is 15.1 Å². The average molecular weight is 344 g/mol. The first-order valence-electron chi connectivity index (χ1n) is 7.78. The van der Waals surface area contributed by atoms with E-state index in [4.69, 9.17) is 23.2 Å². The van der Waals surface area contributed by atoms with Crippen molar-refractivity contribution < 1.29 is 4.79 Å². The molecule has 1 amide bonds. The van der Waals surface area contributed by atoms with Crippen LogP contribution in [0.15, 0.2) is 18.2 Å². The molecule has 0 saturated carbocycles. The number of rotatable bonds is 6. The van der Waals surface area contributed by atoms with E-state index < -0.39 is 0 Å². The highest BCUT2D eigenvalue weighted by molar-refractivity contribution is 6.36. The lowest BCUT2D eigenvalue weighted by Gasteiger charge is -2.33. The Kier molecular flexibility index (Phi) is 6.96. The number of likely N-dealkylation sites (N-methyl/N-ethyl adjacent to an activating group) is 1. The van der Waals surface area contributed by atoms with Crippen LogP contribution in [0.5, 0.6) is 0 Å². The Bertz CT molecular complexity index is 502. The second kappa shape index (κ2) is 8.73. The van der Waals surface area contributed by atoms with E-state index in [1.807, 2.05) is 0 Å². The van der Waals surface area contributed by atoms with Gasteiger partial charge in [-0.1, -0.05) is 30.1 Å². The van der Waals surface area contributed by atoms with Crippen LogP contribution in [0.2, 0.25) is 10.0 Å². The van der Waals surface area contributed by atoms with Crippen molar-refractivity contribution in [2.75, 3.05) is 45.8 Å². The highest BCUT2D eigenvalue weighted by Gasteiger charge is 2.15. The van der Waals surface area contributed by atoms with Crippen molar-refractivity contribution in [1.29, 1.82) is 0 Å². The highest BCUT2D eigenvalue weighted by atomic mass is 35.5. The molecule has 1 saturated heterocycles. The van der Waals surface area contributed by atoms with Crippen molar-refractivity contribution in [2.45, 2.75) is 13.3 Å². The molecule has 22 heavy (non-hydrogen) atoms. The summed E-state index contributed by atoms with van der Waals surface area (Å²) in [6, 6.07) is 4.92. The molecule has 0 spiro atoms. The molecule has 1 heterocycles. The molecule has 1 fully saturated rings. The van der Waals surface area contributed by atoms with Crippen molar-refractivity contribution in [3.63, 3.8) is 0 Å². The van der Waals surface area contributed by atoms with Crippen LogP contribution < -0.4 is 5.32 Å². The Hall–Kier alpha value is -0.810. The van der Waals surface area contributed by atoms with E-state index in [9.17, 15) is 4.79 Å². The number of hydrogen-bond donors (Lipinski definition) is 1. The van der Waals surface area contributed by atoms with Gasteiger partial charge in [0.15, 0.2) is 0 Å². The molecule has 122 valence electrons. The summed E-state index contributed by atoms with van der Waals surface area (Å²) in [7, 11) is 0. The topological polar surface area (TPSA) is 35.6 Å². The lowest BCUT2D eigenvalue weighted by Crippen LogP contribution is -2.46. The quantitative estimate of drug-likeness (QED) is 0.806. The summed E-state index contributed by atoms with van der Waals surface area (Å²) >= 11 is 11.9. The molecule has 0 aliphatic carbocycles. The van der Waals surface area contributed by atoms with E-state index in [2.05, 4.69) is 22.0 Å². The predicted molar refractivity (Wildman–Crippen MR) is 92.0 cm³/mol. The SMILES string of the molecule is CCN1CCN(CCCNC(=O)c2ccc(Cl)cc2Cl)CC1. The molecule has 0 unspecified atom stereocenters. The van der Waals surface area contributed by atoms with E-state index in [0.29, 0.717) is 22.2 Å². The van der Waals surface area contributed by atoms with Gasteiger partial charge in [-0.2, -0.15) is 0 Å². The minimum Gasteiger partial charge on any atom is -0.352 e. The zero-order chi connectivity index (χ0) is 15.9. The first kappa shape index (κ1) is 17.5. The summed E-state index contributed by atoms with van der Waals surface area (Å²) in [4.78, 5) is 17.0. The van der Waals surface area contributed by atoms with Crippen LogP contribution in [-0.4, -0.2) is 61.5 Å². The van der Waals surface area contributed by atoms with Gasteiger partial charge in [-0.3, -0.25) is 4.79 Å². The van der Waals surface area contributed by atoms with Crippen LogP contribution in [0.4, 0.5) is 0 Å². The van der Waals surface area contributed by atoms with Crippen LogP contribution in [-0.2, 0) is 0 Å². The van der Waals surface area contributed by atoms with E-state index in [1.165, 1.54) is 0 Å². The van der Waals surface area contributed by atoms with Crippen LogP contribution >= 0.6 is 23.2 Å². The number of halogens is 2. The second-order valence-electron chi connectivity index (χ2n) is 5.51. The first-order chi connectivity index (χ1) is 10.6. The number of carbonyl (C=O) groups is 1. The third kappa shape index (κ3) is 5.13. The molecule has 4 nitrogen and oxygen atoms in total. The number of amides is 1. The Morgan fingerprint density at radius 3 is 2.50 bits per heavy atom. The fourth-order valence-corrected chi connectivity index (χ4v) is 3.10. The molecule has 2 rings (SSSR count). The molecular formula is C16H23Cl2N3O. The lowest BCUT2D eigenvalue weighted by molar-refractivity contribution is 0.0948. The zero-order valence-electron chi connectivity index (χ0n) is 12.9. The normalized spacial score (nSPS) is 16.7. The third-order valence-electron chi connectivity index (χ3n) is 4.02. The maximum Gasteiger partial charge on any atom is 0.252 e. The summed E-state index contributed by atoms with van der Waals surface area (Å²) in [5, 5.41) is 3.84. The number of nitrogens with one attached hydrogen (secondary N) is 1. The lowest BCUT2D eigenvalue weighted by atomic mass is 10.2. The van der Waals surface area contributed by atoms with Gasteiger partial charge >= 0.3 is 0 Å².